The second-order valence-corrected chi connectivity index (χ2v) is 4.88. The van der Waals surface area contributed by atoms with Gasteiger partial charge in [-0.25, -0.2) is 9.59 Å². The minimum atomic E-state index is -0.201. The number of unbranched alkanes of at least 4 members (excludes halogenated alkanes) is 2. The van der Waals surface area contributed by atoms with Crippen LogP contribution in [0, 0.1) is 0 Å². The van der Waals surface area contributed by atoms with E-state index in [0.717, 1.165) is 25.7 Å². The quantitative estimate of drug-likeness (QED) is 0.750. The highest BCUT2D eigenvalue weighted by atomic mass is 16.2. The van der Waals surface area contributed by atoms with Crippen LogP contribution in [0.1, 0.15) is 39.5 Å². The van der Waals surface area contributed by atoms with Crippen LogP contribution in [-0.2, 0) is 0 Å². The molecule has 0 aromatic rings. The summed E-state index contributed by atoms with van der Waals surface area (Å²) in [7, 11) is 0. The van der Waals surface area contributed by atoms with Gasteiger partial charge in [0.1, 0.15) is 12.3 Å². The van der Waals surface area contributed by atoms with Gasteiger partial charge in [0.25, 0.3) is 0 Å². The molecule has 0 unspecified atom stereocenters. The lowest BCUT2D eigenvalue weighted by Gasteiger charge is -2.21. The molecular weight excluding hydrogens is 232 g/mol. The lowest BCUT2D eigenvalue weighted by Crippen LogP contribution is -2.43. The Labute approximate surface area is 108 Å². The molecular formula is C12H22N4O2. The van der Waals surface area contributed by atoms with Gasteiger partial charge in [-0.15, -0.1) is 0 Å². The topological polar surface area (TPSA) is 64.7 Å². The maximum atomic E-state index is 11.9. The summed E-state index contributed by atoms with van der Waals surface area (Å²) in [6.45, 7) is 5.58. The van der Waals surface area contributed by atoms with Crippen molar-refractivity contribution in [2.75, 3.05) is 13.1 Å². The predicted octanol–water partition coefficient (Wildman–Crippen LogP) is 1.29. The molecule has 2 fully saturated rings. The van der Waals surface area contributed by atoms with Crippen molar-refractivity contribution in [3.05, 3.63) is 0 Å². The maximum absolute atomic E-state index is 11.9. The first-order valence-electron chi connectivity index (χ1n) is 6.83. The van der Waals surface area contributed by atoms with E-state index in [4.69, 9.17) is 0 Å². The molecule has 2 aliphatic rings. The molecule has 0 radical (unpaired) electrons. The van der Waals surface area contributed by atoms with Crippen molar-refractivity contribution in [1.82, 2.24) is 20.4 Å². The van der Waals surface area contributed by atoms with E-state index < -0.39 is 0 Å². The zero-order chi connectivity index (χ0) is 13.1. The van der Waals surface area contributed by atoms with Gasteiger partial charge in [-0.1, -0.05) is 26.7 Å². The van der Waals surface area contributed by atoms with Crippen LogP contribution in [0.5, 0.6) is 0 Å². The Hall–Kier alpha value is -1.46. The number of fused-ring (bicyclic) bond motifs is 1. The van der Waals surface area contributed by atoms with Crippen molar-refractivity contribution in [3.63, 3.8) is 0 Å². The van der Waals surface area contributed by atoms with Crippen molar-refractivity contribution < 1.29 is 9.59 Å². The predicted molar refractivity (Wildman–Crippen MR) is 67.9 cm³/mol. The highest BCUT2D eigenvalue weighted by Crippen LogP contribution is 2.22. The largest absolute Gasteiger partial charge is 0.320 e. The molecule has 6 nitrogen and oxygen atoms in total. The van der Waals surface area contributed by atoms with E-state index in [1.54, 1.807) is 9.80 Å². The van der Waals surface area contributed by atoms with Gasteiger partial charge in [-0.3, -0.25) is 0 Å². The molecule has 2 saturated heterocycles. The molecule has 0 aliphatic carbocycles. The third-order valence-electron chi connectivity index (χ3n) is 3.54. The second-order valence-electron chi connectivity index (χ2n) is 4.88. The molecule has 0 spiro atoms. The molecule has 6 heteroatoms. The van der Waals surface area contributed by atoms with Crippen LogP contribution in [-0.4, -0.2) is 47.3 Å². The van der Waals surface area contributed by atoms with Crippen LogP contribution in [0.3, 0.4) is 0 Å². The molecule has 2 N–H and O–H groups in total. The lowest BCUT2D eigenvalue weighted by atomic mass is 10.3. The van der Waals surface area contributed by atoms with Crippen LogP contribution >= 0.6 is 0 Å². The summed E-state index contributed by atoms with van der Waals surface area (Å²) in [5.74, 6) is 0. The molecule has 2 aliphatic heterocycles. The molecule has 2 rings (SSSR count). The van der Waals surface area contributed by atoms with Crippen LogP contribution in [0.4, 0.5) is 9.59 Å². The van der Waals surface area contributed by atoms with E-state index in [9.17, 15) is 9.59 Å². The van der Waals surface area contributed by atoms with Crippen LogP contribution in [0.15, 0.2) is 0 Å². The first-order valence-corrected chi connectivity index (χ1v) is 6.83. The van der Waals surface area contributed by atoms with Gasteiger partial charge in [-0.2, -0.15) is 0 Å². The molecule has 2 heterocycles. The number of nitrogens with one attached hydrogen (secondary N) is 2. The number of carbonyl (C=O) groups excluding carboxylic acids is 2. The standard InChI is InChI=1S/C12H22N4O2/c1-3-5-7-15-9-10(14-11(15)17)16(8-6-4-2)12(18)13-9/h9-10H,3-8H2,1-2H3,(H,13,18)(H,14,17)/t9-,10-/m0/s1. The van der Waals surface area contributed by atoms with Gasteiger partial charge in [0.2, 0.25) is 0 Å². The van der Waals surface area contributed by atoms with E-state index in [1.807, 2.05) is 0 Å². The number of nitrogens with zero attached hydrogens (tertiary/aromatic N) is 2. The molecule has 0 saturated carbocycles. The Balaban J connectivity index is 2.01. The Kier molecular flexibility index (Phi) is 3.93. The molecule has 102 valence electrons. The van der Waals surface area contributed by atoms with Gasteiger partial charge in [0, 0.05) is 13.1 Å². The van der Waals surface area contributed by atoms with Crippen molar-refractivity contribution in [2.24, 2.45) is 0 Å². The third-order valence-corrected chi connectivity index (χ3v) is 3.54. The summed E-state index contributed by atoms with van der Waals surface area (Å²) in [6, 6.07) is -0.139. The van der Waals surface area contributed by atoms with Gasteiger partial charge >= 0.3 is 12.1 Å². The van der Waals surface area contributed by atoms with Gasteiger partial charge in [0.15, 0.2) is 0 Å². The van der Waals surface area contributed by atoms with Gasteiger partial charge in [-0.05, 0) is 12.8 Å². The number of hydrogen-bond acceptors (Lipinski definition) is 2. The lowest BCUT2D eigenvalue weighted by molar-refractivity contribution is 0.195. The summed E-state index contributed by atoms with van der Waals surface area (Å²) in [6.07, 6.45) is 3.59. The zero-order valence-electron chi connectivity index (χ0n) is 11.1. The summed E-state index contributed by atoms with van der Waals surface area (Å²) in [4.78, 5) is 27.2. The van der Waals surface area contributed by atoms with E-state index in [-0.39, 0.29) is 24.4 Å². The Bertz CT molecular complexity index is 302. The monoisotopic (exact) mass is 254 g/mol. The van der Waals surface area contributed by atoms with Crippen molar-refractivity contribution >= 4 is 12.1 Å². The Morgan fingerprint density at radius 3 is 1.61 bits per heavy atom. The molecule has 2 atom stereocenters. The Morgan fingerprint density at radius 1 is 0.889 bits per heavy atom. The number of amides is 4. The zero-order valence-corrected chi connectivity index (χ0v) is 11.1. The summed E-state index contributed by atoms with van der Waals surface area (Å²) in [5, 5.41) is 5.79. The molecule has 0 aromatic heterocycles. The minimum absolute atomic E-state index is 0.0695. The molecule has 0 bridgehead atoms. The van der Waals surface area contributed by atoms with E-state index in [0.29, 0.717) is 13.1 Å². The summed E-state index contributed by atoms with van der Waals surface area (Å²) >= 11 is 0. The van der Waals surface area contributed by atoms with Gasteiger partial charge in [0.05, 0.1) is 0 Å². The second kappa shape index (κ2) is 5.46. The molecule has 4 amide bonds. The van der Waals surface area contributed by atoms with E-state index in [2.05, 4.69) is 24.5 Å². The van der Waals surface area contributed by atoms with Crippen molar-refractivity contribution in [2.45, 2.75) is 51.9 Å². The average Bonchev–Trinajstić information content (AvgIpc) is 2.79. The van der Waals surface area contributed by atoms with Crippen molar-refractivity contribution in [1.29, 1.82) is 0 Å². The first kappa shape index (κ1) is 13.0. The van der Waals surface area contributed by atoms with Crippen LogP contribution < -0.4 is 10.6 Å². The number of urea groups is 2. The molecule has 18 heavy (non-hydrogen) atoms. The Morgan fingerprint density at radius 2 is 1.28 bits per heavy atom. The first-order chi connectivity index (χ1) is 8.69. The summed E-state index contributed by atoms with van der Waals surface area (Å²) in [5.41, 5.74) is 0. The molecule has 0 aromatic carbocycles. The van der Waals surface area contributed by atoms with E-state index in [1.165, 1.54) is 0 Å². The fourth-order valence-corrected chi connectivity index (χ4v) is 2.46. The fraction of sp³-hybridized carbons (Fsp3) is 0.833. The van der Waals surface area contributed by atoms with Crippen LogP contribution in [0.2, 0.25) is 0 Å². The SMILES string of the molecule is CCCCN1C(=O)N[C@@H]2[C@H]1NC(=O)N2CCCC. The highest BCUT2D eigenvalue weighted by Gasteiger charge is 2.49. The normalized spacial score (nSPS) is 26.3. The van der Waals surface area contributed by atoms with E-state index >= 15 is 0 Å². The third kappa shape index (κ3) is 2.23. The van der Waals surface area contributed by atoms with Gasteiger partial charge < -0.3 is 20.4 Å². The summed E-state index contributed by atoms with van der Waals surface area (Å²) < 4.78 is 0. The highest BCUT2D eigenvalue weighted by molar-refractivity contribution is 5.84. The van der Waals surface area contributed by atoms with Crippen molar-refractivity contribution in [3.8, 4) is 0 Å². The number of carbonyl (C=O) groups is 2. The fourth-order valence-electron chi connectivity index (χ4n) is 2.46. The average molecular weight is 254 g/mol. The number of rotatable bonds is 6. The number of hydrogen-bond donors (Lipinski definition) is 2. The van der Waals surface area contributed by atoms with Crippen LogP contribution in [0.25, 0.3) is 0 Å². The minimum Gasteiger partial charge on any atom is -0.314 e. The maximum Gasteiger partial charge on any atom is 0.320 e. The smallest absolute Gasteiger partial charge is 0.314 e.